The van der Waals surface area contributed by atoms with Crippen LogP contribution in [0.5, 0.6) is 0 Å². The molecular formula is C15H12BrN3O4S. The molecule has 0 saturated carbocycles. The second kappa shape index (κ2) is 7.84. The summed E-state index contributed by atoms with van der Waals surface area (Å²) in [5, 5.41) is 14.5. The fourth-order valence-corrected chi connectivity index (χ4v) is 2.81. The van der Waals surface area contributed by atoms with Crippen molar-refractivity contribution in [2.45, 2.75) is 4.90 Å². The summed E-state index contributed by atoms with van der Waals surface area (Å²) in [6, 6.07) is 12.3. The summed E-state index contributed by atoms with van der Waals surface area (Å²) in [7, 11) is -3.75. The van der Waals surface area contributed by atoms with Gasteiger partial charge in [-0.1, -0.05) is 28.1 Å². The Morgan fingerprint density at radius 2 is 1.79 bits per heavy atom. The van der Waals surface area contributed by atoms with E-state index >= 15 is 0 Å². The number of para-hydroxylation sites is 1. The van der Waals surface area contributed by atoms with Crippen LogP contribution in [0, 0.1) is 10.1 Å². The average Bonchev–Trinajstić information content (AvgIpc) is 2.55. The molecule has 0 aromatic heterocycles. The number of nitro benzene ring substituents is 1. The predicted octanol–water partition coefficient (Wildman–Crippen LogP) is 3.33. The minimum Gasteiger partial charge on any atom is -0.258 e. The Morgan fingerprint density at radius 3 is 2.46 bits per heavy atom. The molecule has 0 atom stereocenters. The van der Waals surface area contributed by atoms with E-state index in [9.17, 15) is 18.5 Å². The molecule has 0 heterocycles. The van der Waals surface area contributed by atoms with Crippen LogP contribution in [0.1, 0.15) is 5.56 Å². The molecule has 0 saturated heterocycles. The number of allylic oxidation sites excluding steroid dienone is 1. The molecule has 0 amide bonds. The molecule has 0 fully saturated rings. The molecule has 0 unspecified atom stereocenters. The highest BCUT2D eigenvalue weighted by Gasteiger charge is 2.11. The molecule has 2 aromatic carbocycles. The molecule has 2 aromatic rings. The standard InChI is InChI=1S/C15H12BrN3O4S/c16-13-7-9-14(10-8-13)24(22,23)18-17-11-3-5-12-4-1-2-6-15(12)19(20)21/h1-11,18H. The number of nitrogens with one attached hydrogen (secondary N) is 1. The van der Waals surface area contributed by atoms with E-state index in [1.54, 1.807) is 30.3 Å². The fourth-order valence-electron chi connectivity index (χ4n) is 1.75. The predicted molar refractivity (Wildman–Crippen MR) is 95.1 cm³/mol. The van der Waals surface area contributed by atoms with Crippen LogP contribution in [0.3, 0.4) is 0 Å². The number of hydrogen-bond acceptors (Lipinski definition) is 5. The van der Waals surface area contributed by atoms with Crippen LogP contribution >= 0.6 is 15.9 Å². The summed E-state index contributed by atoms with van der Waals surface area (Å²) >= 11 is 3.22. The number of rotatable bonds is 6. The zero-order valence-electron chi connectivity index (χ0n) is 12.2. The lowest BCUT2D eigenvalue weighted by atomic mass is 10.2. The maximum absolute atomic E-state index is 12.0. The minimum atomic E-state index is -3.75. The van der Waals surface area contributed by atoms with E-state index in [4.69, 9.17) is 0 Å². The van der Waals surface area contributed by atoms with Gasteiger partial charge in [-0.05, 0) is 42.5 Å². The number of benzene rings is 2. The first kappa shape index (κ1) is 17.8. The molecule has 2 rings (SSSR count). The quantitative estimate of drug-likeness (QED) is 0.448. The van der Waals surface area contributed by atoms with Crippen molar-refractivity contribution in [2.24, 2.45) is 5.10 Å². The molecule has 9 heteroatoms. The van der Waals surface area contributed by atoms with Crippen LogP contribution in [0.4, 0.5) is 5.69 Å². The molecule has 124 valence electrons. The summed E-state index contributed by atoms with van der Waals surface area (Å²) in [5.41, 5.74) is 0.349. The summed E-state index contributed by atoms with van der Waals surface area (Å²) in [6.07, 6.45) is 4.08. The lowest BCUT2D eigenvalue weighted by Crippen LogP contribution is -2.17. The molecule has 0 aliphatic carbocycles. The van der Waals surface area contributed by atoms with E-state index in [0.29, 0.717) is 5.56 Å². The Labute approximate surface area is 147 Å². The highest BCUT2D eigenvalue weighted by Crippen LogP contribution is 2.18. The van der Waals surface area contributed by atoms with Crippen molar-refractivity contribution in [2.75, 3.05) is 0 Å². The van der Waals surface area contributed by atoms with E-state index in [1.165, 1.54) is 36.6 Å². The van der Waals surface area contributed by atoms with E-state index in [2.05, 4.69) is 25.9 Å². The Hall–Kier alpha value is -2.52. The third-order valence-electron chi connectivity index (χ3n) is 2.87. The molecule has 0 bridgehead atoms. The van der Waals surface area contributed by atoms with Gasteiger partial charge >= 0.3 is 0 Å². The highest BCUT2D eigenvalue weighted by atomic mass is 79.9. The minimum absolute atomic E-state index is 0.0439. The first-order chi connectivity index (χ1) is 11.4. The van der Waals surface area contributed by atoms with Gasteiger partial charge in [-0.25, -0.2) is 4.83 Å². The third kappa shape index (κ3) is 4.74. The fraction of sp³-hybridized carbons (Fsp3) is 0. The number of hydrazone groups is 1. The Kier molecular flexibility index (Phi) is 5.83. The van der Waals surface area contributed by atoms with Crippen molar-refractivity contribution in [3.8, 4) is 0 Å². The molecule has 0 spiro atoms. The van der Waals surface area contributed by atoms with Crippen molar-refractivity contribution < 1.29 is 13.3 Å². The van der Waals surface area contributed by atoms with Crippen LogP contribution < -0.4 is 4.83 Å². The lowest BCUT2D eigenvalue weighted by molar-refractivity contribution is -0.385. The van der Waals surface area contributed by atoms with Crippen molar-refractivity contribution in [1.29, 1.82) is 0 Å². The van der Waals surface area contributed by atoms with Crippen molar-refractivity contribution >= 4 is 43.9 Å². The topological polar surface area (TPSA) is 102 Å². The van der Waals surface area contributed by atoms with Gasteiger partial charge in [-0.2, -0.15) is 13.5 Å². The van der Waals surface area contributed by atoms with Gasteiger partial charge in [-0.3, -0.25) is 10.1 Å². The van der Waals surface area contributed by atoms with Gasteiger partial charge in [0.15, 0.2) is 0 Å². The summed E-state index contributed by atoms with van der Waals surface area (Å²) in [6.45, 7) is 0. The van der Waals surface area contributed by atoms with E-state index < -0.39 is 14.9 Å². The van der Waals surface area contributed by atoms with Crippen LogP contribution in [0.15, 0.2) is 69.1 Å². The maximum Gasteiger partial charge on any atom is 0.276 e. The monoisotopic (exact) mass is 409 g/mol. The summed E-state index contributed by atoms with van der Waals surface area (Å²) < 4.78 is 24.7. The van der Waals surface area contributed by atoms with Crippen molar-refractivity contribution in [3.05, 3.63) is 74.8 Å². The Bertz CT molecular complexity index is 893. The van der Waals surface area contributed by atoms with Gasteiger partial charge in [0.2, 0.25) is 0 Å². The lowest BCUT2D eigenvalue weighted by Gasteiger charge is -2.02. The molecule has 0 aliphatic heterocycles. The van der Waals surface area contributed by atoms with Crippen molar-refractivity contribution in [1.82, 2.24) is 4.83 Å². The molecular weight excluding hydrogens is 398 g/mol. The molecule has 7 nitrogen and oxygen atoms in total. The summed E-state index contributed by atoms with van der Waals surface area (Å²) in [5.74, 6) is 0. The van der Waals surface area contributed by atoms with Crippen LogP contribution in [0.2, 0.25) is 0 Å². The maximum atomic E-state index is 12.0. The molecule has 1 N–H and O–H groups in total. The first-order valence-electron chi connectivity index (χ1n) is 6.61. The zero-order chi connectivity index (χ0) is 17.6. The number of nitro groups is 1. The largest absolute Gasteiger partial charge is 0.276 e. The first-order valence-corrected chi connectivity index (χ1v) is 8.88. The van der Waals surface area contributed by atoms with Crippen LogP contribution in [-0.2, 0) is 10.0 Å². The van der Waals surface area contributed by atoms with Gasteiger partial charge in [0.05, 0.1) is 15.4 Å². The third-order valence-corrected chi connectivity index (χ3v) is 4.63. The SMILES string of the molecule is O=[N+]([O-])c1ccccc1C=CC=NNS(=O)(=O)c1ccc(Br)cc1. The number of nitrogens with zero attached hydrogens (tertiary/aromatic N) is 2. The van der Waals surface area contributed by atoms with Gasteiger partial charge in [-0.15, -0.1) is 0 Å². The van der Waals surface area contributed by atoms with Crippen LogP contribution in [0.25, 0.3) is 6.08 Å². The second-order valence-electron chi connectivity index (χ2n) is 4.50. The second-order valence-corrected chi connectivity index (χ2v) is 7.08. The highest BCUT2D eigenvalue weighted by molar-refractivity contribution is 9.10. The average molecular weight is 410 g/mol. The van der Waals surface area contributed by atoms with Crippen LogP contribution in [-0.4, -0.2) is 19.6 Å². The van der Waals surface area contributed by atoms with Gasteiger partial charge < -0.3 is 0 Å². The van der Waals surface area contributed by atoms with Gasteiger partial charge in [0.1, 0.15) is 0 Å². The molecule has 0 radical (unpaired) electrons. The smallest absolute Gasteiger partial charge is 0.258 e. The Morgan fingerprint density at radius 1 is 1.12 bits per heavy atom. The molecule has 24 heavy (non-hydrogen) atoms. The number of hydrogen-bond donors (Lipinski definition) is 1. The number of sulfonamides is 1. The Balaban J connectivity index is 2.05. The van der Waals surface area contributed by atoms with Gasteiger partial charge in [0, 0.05) is 16.8 Å². The zero-order valence-corrected chi connectivity index (χ0v) is 14.6. The van der Waals surface area contributed by atoms with E-state index in [1.807, 2.05) is 0 Å². The van der Waals surface area contributed by atoms with E-state index in [0.717, 1.165) is 4.47 Å². The van der Waals surface area contributed by atoms with E-state index in [-0.39, 0.29) is 10.6 Å². The number of halogens is 1. The molecule has 0 aliphatic rings. The normalized spacial score (nSPS) is 11.9. The van der Waals surface area contributed by atoms with Crippen molar-refractivity contribution in [3.63, 3.8) is 0 Å². The van der Waals surface area contributed by atoms with Gasteiger partial charge in [0.25, 0.3) is 15.7 Å². The summed E-state index contributed by atoms with van der Waals surface area (Å²) in [4.78, 5) is 12.5.